The predicted molar refractivity (Wildman–Crippen MR) is 69.1 cm³/mol. The molecule has 2 atom stereocenters. The zero-order chi connectivity index (χ0) is 15.3. The van der Waals surface area contributed by atoms with Crippen LogP contribution < -0.4 is 5.32 Å². The first kappa shape index (κ1) is 14.8. The van der Waals surface area contributed by atoms with Gasteiger partial charge in [0.15, 0.2) is 0 Å². The molecule has 2 nitrogen and oxygen atoms in total. The van der Waals surface area contributed by atoms with Gasteiger partial charge in [-0.1, -0.05) is 18.6 Å². The Morgan fingerprint density at radius 1 is 1.14 bits per heavy atom. The molecule has 0 radical (unpaired) electrons. The van der Waals surface area contributed by atoms with Gasteiger partial charge in [-0.2, -0.15) is 13.2 Å². The van der Waals surface area contributed by atoms with E-state index in [0.29, 0.717) is 0 Å². The van der Waals surface area contributed by atoms with E-state index in [1.807, 2.05) is 0 Å². The molecule has 2 aliphatic rings. The Labute approximate surface area is 120 Å². The van der Waals surface area contributed by atoms with Gasteiger partial charge >= 0.3 is 6.18 Å². The molecule has 1 aromatic rings. The summed E-state index contributed by atoms with van der Waals surface area (Å²) in [4.78, 5) is 0. The second-order valence-electron chi connectivity index (χ2n) is 6.09. The zero-order valence-corrected chi connectivity index (χ0v) is 11.4. The molecule has 0 aliphatic carbocycles. The molecular weight excluding hydrogens is 286 g/mol. The second-order valence-corrected chi connectivity index (χ2v) is 6.09. The molecule has 2 aliphatic heterocycles. The van der Waals surface area contributed by atoms with Crippen LogP contribution in [0.15, 0.2) is 18.2 Å². The lowest BCUT2D eigenvalue weighted by molar-refractivity contribution is -0.144. The SMILES string of the molecule is OC1(c2cccc(F)c2C(F)(F)F)CC2CCCC(C1)N2. The van der Waals surface area contributed by atoms with E-state index in [1.165, 1.54) is 12.1 Å². The molecule has 116 valence electrons. The smallest absolute Gasteiger partial charge is 0.385 e. The summed E-state index contributed by atoms with van der Waals surface area (Å²) in [6.07, 6.45) is -1.76. The van der Waals surface area contributed by atoms with Crippen LogP contribution >= 0.6 is 0 Å². The summed E-state index contributed by atoms with van der Waals surface area (Å²) in [5.74, 6) is -1.32. The van der Waals surface area contributed by atoms with E-state index >= 15 is 0 Å². The minimum atomic E-state index is -4.81. The number of alkyl halides is 3. The molecule has 1 aromatic carbocycles. The largest absolute Gasteiger partial charge is 0.419 e. The van der Waals surface area contributed by atoms with Crippen LogP contribution in [-0.2, 0) is 11.8 Å². The third-order valence-corrected chi connectivity index (χ3v) is 4.54. The number of halogens is 4. The van der Waals surface area contributed by atoms with Crippen LogP contribution in [-0.4, -0.2) is 17.2 Å². The molecule has 6 heteroatoms. The van der Waals surface area contributed by atoms with Crippen molar-refractivity contribution in [2.24, 2.45) is 0 Å². The molecule has 2 fully saturated rings. The zero-order valence-electron chi connectivity index (χ0n) is 11.4. The van der Waals surface area contributed by atoms with Gasteiger partial charge in [0.25, 0.3) is 0 Å². The summed E-state index contributed by atoms with van der Waals surface area (Å²) < 4.78 is 53.2. The quantitative estimate of drug-likeness (QED) is 0.780. The fourth-order valence-corrected chi connectivity index (χ4v) is 3.75. The van der Waals surface area contributed by atoms with Crippen LogP contribution in [0.4, 0.5) is 17.6 Å². The molecule has 0 spiro atoms. The van der Waals surface area contributed by atoms with Crippen molar-refractivity contribution in [3.63, 3.8) is 0 Å². The molecule has 2 saturated heterocycles. The van der Waals surface area contributed by atoms with Crippen LogP contribution in [0.3, 0.4) is 0 Å². The number of fused-ring (bicyclic) bond motifs is 2. The second kappa shape index (κ2) is 4.95. The monoisotopic (exact) mass is 303 g/mol. The predicted octanol–water partition coefficient (Wildman–Crippen LogP) is 3.34. The molecular formula is C15H17F4NO. The number of nitrogens with one attached hydrogen (secondary N) is 1. The molecule has 2 N–H and O–H groups in total. The van der Waals surface area contributed by atoms with Crippen LogP contribution in [0.1, 0.15) is 43.2 Å². The van der Waals surface area contributed by atoms with E-state index in [-0.39, 0.29) is 30.5 Å². The molecule has 2 unspecified atom stereocenters. The fraction of sp³-hybridized carbons (Fsp3) is 0.600. The Balaban J connectivity index is 2.05. The molecule has 2 heterocycles. The number of hydrogen-bond acceptors (Lipinski definition) is 2. The average molecular weight is 303 g/mol. The van der Waals surface area contributed by atoms with Gasteiger partial charge in [0.05, 0.1) is 11.2 Å². The Hall–Kier alpha value is -1.14. The summed E-state index contributed by atoms with van der Waals surface area (Å²) in [6.45, 7) is 0. The van der Waals surface area contributed by atoms with Gasteiger partial charge < -0.3 is 10.4 Å². The summed E-state index contributed by atoms with van der Waals surface area (Å²) in [7, 11) is 0. The molecule has 0 amide bonds. The minimum Gasteiger partial charge on any atom is -0.385 e. The van der Waals surface area contributed by atoms with Crippen molar-refractivity contribution in [3.05, 3.63) is 35.1 Å². The van der Waals surface area contributed by atoms with Crippen molar-refractivity contribution in [2.75, 3.05) is 0 Å². The maximum absolute atomic E-state index is 13.7. The van der Waals surface area contributed by atoms with E-state index in [0.717, 1.165) is 25.3 Å². The van der Waals surface area contributed by atoms with Crippen LogP contribution in [0.5, 0.6) is 0 Å². The Kier molecular flexibility index (Phi) is 3.48. The molecule has 3 rings (SSSR count). The van der Waals surface area contributed by atoms with Gasteiger partial charge in [-0.3, -0.25) is 0 Å². The summed E-state index contributed by atoms with van der Waals surface area (Å²) in [5.41, 5.74) is -3.27. The summed E-state index contributed by atoms with van der Waals surface area (Å²) in [6, 6.07) is 3.21. The van der Waals surface area contributed by atoms with Crippen molar-refractivity contribution in [2.45, 2.75) is 56.0 Å². The highest BCUT2D eigenvalue weighted by atomic mass is 19.4. The van der Waals surface area contributed by atoms with Gasteiger partial charge in [0.1, 0.15) is 5.82 Å². The molecule has 0 saturated carbocycles. The minimum absolute atomic E-state index is 0.00755. The van der Waals surface area contributed by atoms with Gasteiger partial charge in [0.2, 0.25) is 0 Å². The van der Waals surface area contributed by atoms with E-state index < -0.39 is 23.2 Å². The Morgan fingerprint density at radius 3 is 2.33 bits per heavy atom. The van der Waals surface area contributed by atoms with Gasteiger partial charge in [-0.15, -0.1) is 0 Å². The van der Waals surface area contributed by atoms with E-state index in [9.17, 15) is 22.7 Å². The third-order valence-electron chi connectivity index (χ3n) is 4.54. The number of benzene rings is 1. The Morgan fingerprint density at radius 2 is 1.76 bits per heavy atom. The molecule has 2 bridgehead atoms. The number of aliphatic hydroxyl groups is 1. The van der Waals surface area contributed by atoms with Gasteiger partial charge in [-0.25, -0.2) is 4.39 Å². The van der Waals surface area contributed by atoms with Crippen LogP contribution in [0.25, 0.3) is 0 Å². The first-order valence-electron chi connectivity index (χ1n) is 7.14. The average Bonchev–Trinajstić information content (AvgIpc) is 2.36. The van der Waals surface area contributed by atoms with Gasteiger partial charge in [0, 0.05) is 12.1 Å². The van der Waals surface area contributed by atoms with Crippen molar-refractivity contribution >= 4 is 0 Å². The highest BCUT2D eigenvalue weighted by Gasteiger charge is 2.47. The van der Waals surface area contributed by atoms with Crippen molar-refractivity contribution < 1.29 is 22.7 Å². The Bertz CT molecular complexity index is 531. The lowest BCUT2D eigenvalue weighted by atomic mass is 9.72. The normalized spacial score (nSPS) is 33.0. The number of piperidine rings is 2. The number of rotatable bonds is 1. The van der Waals surface area contributed by atoms with Crippen molar-refractivity contribution in [1.82, 2.24) is 5.32 Å². The lowest BCUT2D eigenvalue weighted by Crippen LogP contribution is -2.54. The lowest BCUT2D eigenvalue weighted by Gasteiger charge is -2.46. The third kappa shape index (κ3) is 2.66. The summed E-state index contributed by atoms with van der Waals surface area (Å²) >= 11 is 0. The first-order valence-corrected chi connectivity index (χ1v) is 7.14. The topological polar surface area (TPSA) is 32.3 Å². The number of hydrogen-bond donors (Lipinski definition) is 2. The van der Waals surface area contributed by atoms with E-state index in [1.54, 1.807) is 0 Å². The van der Waals surface area contributed by atoms with Crippen LogP contribution in [0, 0.1) is 5.82 Å². The van der Waals surface area contributed by atoms with E-state index in [4.69, 9.17) is 0 Å². The van der Waals surface area contributed by atoms with Gasteiger partial charge in [-0.05, 0) is 37.3 Å². The first-order chi connectivity index (χ1) is 9.79. The molecule has 21 heavy (non-hydrogen) atoms. The van der Waals surface area contributed by atoms with E-state index in [2.05, 4.69) is 5.32 Å². The highest BCUT2D eigenvalue weighted by molar-refractivity contribution is 5.37. The maximum atomic E-state index is 13.7. The highest BCUT2D eigenvalue weighted by Crippen LogP contribution is 2.45. The van der Waals surface area contributed by atoms with Crippen molar-refractivity contribution in [3.8, 4) is 0 Å². The van der Waals surface area contributed by atoms with Crippen LogP contribution in [0.2, 0.25) is 0 Å². The molecule has 0 aromatic heterocycles. The van der Waals surface area contributed by atoms with Crippen molar-refractivity contribution in [1.29, 1.82) is 0 Å². The standard InChI is InChI=1S/C15H17F4NO/c16-12-6-2-5-11(13(12)15(17,18)19)14(21)7-9-3-1-4-10(8-14)20-9/h2,5-6,9-10,20-21H,1,3-4,7-8H2. The maximum Gasteiger partial charge on any atom is 0.419 e. The fourth-order valence-electron chi connectivity index (χ4n) is 3.75. The summed E-state index contributed by atoms with van der Waals surface area (Å²) in [5, 5.41) is 14.1.